The average molecular weight is 491 g/mol. The molecule has 3 aromatic rings. The molecular weight excluding hydrogens is 468 g/mol. The Bertz CT molecular complexity index is 1240. The van der Waals surface area contributed by atoms with E-state index in [9.17, 15) is 13.2 Å². The van der Waals surface area contributed by atoms with E-state index in [1.165, 1.54) is 29.6 Å². The van der Waals surface area contributed by atoms with Crippen molar-refractivity contribution in [3.8, 4) is 5.75 Å². The van der Waals surface area contributed by atoms with Crippen LogP contribution in [0.4, 0.5) is 5.82 Å². The Hall–Kier alpha value is -2.92. The summed E-state index contributed by atoms with van der Waals surface area (Å²) in [6.45, 7) is 1.61. The van der Waals surface area contributed by atoms with E-state index in [1.54, 1.807) is 29.1 Å². The van der Waals surface area contributed by atoms with Crippen molar-refractivity contribution in [2.24, 2.45) is 0 Å². The van der Waals surface area contributed by atoms with Crippen LogP contribution in [0.25, 0.3) is 0 Å². The average Bonchev–Trinajstić information content (AvgIpc) is 3.26. The Kier molecular flexibility index (Phi) is 6.99. The number of benzene rings is 2. The summed E-state index contributed by atoms with van der Waals surface area (Å²) in [5.41, 5.74) is 1.06. The molecule has 1 aliphatic rings. The van der Waals surface area contributed by atoms with E-state index in [2.05, 4.69) is 10.4 Å². The van der Waals surface area contributed by atoms with Gasteiger partial charge in [-0.1, -0.05) is 23.7 Å². The van der Waals surface area contributed by atoms with Crippen LogP contribution in [0.1, 0.15) is 15.9 Å². The van der Waals surface area contributed by atoms with Crippen LogP contribution in [0.2, 0.25) is 5.02 Å². The van der Waals surface area contributed by atoms with Gasteiger partial charge >= 0.3 is 0 Å². The molecule has 1 amide bonds. The predicted octanol–water partition coefficient (Wildman–Crippen LogP) is 2.87. The zero-order valence-corrected chi connectivity index (χ0v) is 19.5. The van der Waals surface area contributed by atoms with Crippen molar-refractivity contribution in [1.29, 1.82) is 0 Å². The van der Waals surface area contributed by atoms with Crippen molar-refractivity contribution in [2.75, 3.05) is 38.7 Å². The van der Waals surface area contributed by atoms with Gasteiger partial charge in [-0.15, -0.1) is 0 Å². The van der Waals surface area contributed by atoms with Gasteiger partial charge in [-0.2, -0.15) is 9.40 Å². The lowest BCUT2D eigenvalue weighted by Gasteiger charge is -2.26. The predicted molar refractivity (Wildman–Crippen MR) is 123 cm³/mol. The van der Waals surface area contributed by atoms with Gasteiger partial charge in [-0.05, 0) is 35.9 Å². The van der Waals surface area contributed by atoms with Crippen LogP contribution in [-0.4, -0.2) is 61.8 Å². The van der Waals surface area contributed by atoms with Crippen LogP contribution >= 0.6 is 11.6 Å². The SMILES string of the molecule is COc1ccc(S(=O)(=O)N2CCOCC2)cc1C(=O)Nc1ccnn1Cc1ccc(Cl)cc1. The largest absolute Gasteiger partial charge is 0.496 e. The molecule has 0 saturated carbocycles. The monoisotopic (exact) mass is 490 g/mol. The molecule has 11 heteroatoms. The van der Waals surface area contributed by atoms with Gasteiger partial charge in [0.05, 0.1) is 43.5 Å². The topological polar surface area (TPSA) is 103 Å². The zero-order chi connectivity index (χ0) is 23.4. The lowest BCUT2D eigenvalue weighted by Crippen LogP contribution is -2.40. The Morgan fingerprint density at radius 3 is 2.58 bits per heavy atom. The first-order valence-corrected chi connectivity index (χ1v) is 12.0. The number of sulfonamides is 1. The molecular formula is C22H23ClN4O5S. The van der Waals surface area contributed by atoms with E-state index >= 15 is 0 Å². The zero-order valence-electron chi connectivity index (χ0n) is 17.9. The van der Waals surface area contributed by atoms with E-state index in [0.717, 1.165) is 5.56 Å². The first-order chi connectivity index (χ1) is 15.9. The molecule has 0 aliphatic carbocycles. The van der Waals surface area contributed by atoms with Gasteiger partial charge in [-0.25, -0.2) is 13.1 Å². The molecule has 1 fully saturated rings. The number of aromatic nitrogens is 2. The second kappa shape index (κ2) is 9.92. The third-order valence-electron chi connectivity index (χ3n) is 5.23. The minimum Gasteiger partial charge on any atom is -0.496 e. The molecule has 0 spiro atoms. The molecule has 33 heavy (non-hydrogen) atoms. The number of morpholine rings is 1. The van der Waals surface area contributed by atoms with Crippen LogP contribution in [0, 0.1) is 0 Å². The molecule has 1 aromatic heterocycles. The molecule has 1 saturated heterocycles. The number of ether oxygens (including phenoxy) is 2. The number of methoxy groups -OCH3 is 1. The number of anilines is 1. The highest BCUT2D eigenvalue weighted by Gasteiger charge is 2.28. The van der Waals surface area contributed by atoms with Gasteiger partial charge in [0.15, 0.2) is 0 Å². The maximum Gasteiger partial charge on any atom is 0.260 e. The summed E-state index contributed by atoms with van der Waals surface area (Å²) in [6.07, 6.45) is 1.57. The van der Waals surface area contributed by atoms with Crippen LogP contribution < -0.4 is 10.1 Å². The lowest BCUT2D eigenvalue weighted by atomic mass is 10.2. The van der Waals surface area contributed by atoms with E-state index in [-0.39, 0.29) is 29.3 Å². The molecule has 174 valence electrons. The third kappa shape index (κ3) is 5.19. The molecule has 0 unspecified atom stereocenters. The van der Waals surface area contributed by atoms with Crippen LogP contribution in [-0.2, 0) is 21.3 Å². The quantitative estimate of drug-likeness (QED) is 0.546. The van der Waals surface area contributed by atoms with E-state index in [1.807, 2.05) is 12.1 Å². The fourth-order valence-corrected chi connectivity index (χ4v) is 5.03. The molecule has 2 aromatic carbocycles. The molecule has 1 aliphatic heterocycles. The van der Waals surface area contributed by atoms with Gasteiger partial charge in [0.2, 0.25) is 10.0 Å². The molecule has 0 radical (unpaired) electrons. The highest BCUT2D eigenvalue weighted by Crippen LogP contribution is 2.26. The Morgan fingerprint density at radius 2 is 1.88 bits per heavy atom. The van der Waals surface area contributed by atoms with Crippen LogP contribution in [0.3, 0.4) is 0 Å². The maximum absolute atomic E-state index is 13.1. The number of carbonyl (C=O) groups excluding carboxylic acids is 1. The fraction of sp³-hybridized carbons (Fsp3) is 0.273. The minimum absolute atomic E-state index is 0.0185. The van der Waals surface area contributed by atoms with Crippen molar-refractivity contribution >= 4 is 33.3 Å². The van der Waals surface area contributed by atoms with Crippen molar-refractivity contribution in [3.63, 3.8) is 0 Å². The lowest BCUT2D eigenvalue weighted by molar-refractivity contribution is 0.0730. The fourth-order valence-electron chi connectivity index (χ4n) is 3.47. The van der Waals surface area contributed by atoms with Crippen LogP contribution in [0.5, 0.6) is 5.75 Å². The van der Waals surface area contributed by atoms with Gasteiger partial charge < -0.3 is 14.8 Å². The van der Waals surface area contributed by atoms with E-state index in [4.69, 9.17) is 21.1 Å². The number of carbonyl (C=O) groups is 1. The molecule has 2 heterocycles. The second-order valence-electron chi connectivity index (χ2n) is 7.33. The van der Waals surface area contributed by atoms with Crippen LogP contribution in [0.15, 0.2) is 59.6 Å². The maximum atomic E-state index is 13.1. The standard InChI is InChI=1S/C22H23ClN4O5S/c1-31-20-7-6-18(33(29,30)26-10-12-32-13-11-26)14-19(20)22(28)25-21-8-9-24-27(21)15-16-2-4-17(23)5-3-16/h2-9,14H,10-13,15H2,1H3,(H,25,28). The van der Waals surface area contributed by atoms with Crippen molar-refractivity contribution < 1.29 is 22.7 Å². The third-order valence-corrected chi connectivity index (χ3v) is 7.37. The Balaban J connectivity index is 1.58. The summed E-state index contributed by atoms with van der Waals surface area (Å²) in [4.78, 5) is 13.1. The number of rotatable bonds is 7. The Morgan fingerprint density at radius 1 is 1.15 bits per heavy atom. The van der Waals surface area contributed by atoms with Crippen molar-refractivity contribution in [3.05, 3.63) is 70.9 Å². The summed E-state index contributed by atoms with van der Waals surface area (Å²) in [7, 11) is -2.34. The minimum atomic E-state index is -3.77. The molecule has 4 rings (SSSR count). The first-order valence-electron chi connectivity index (χ1n) is 10.2. The van der Waals surface area contributed by atoms with Gasteiger partial charge in [0, 0.05) is 24.2 Å². The number of halogens is 1. The normalized spacial score (nSPS) is 14.7. The molecule has 1 N–H and O–H groups in total. The van der Waals surface area contributed by atoms with Gasteiger partial charge in [0.25, 0.3) is 5.91 Å². The summed E-state index contributed by atoms with van der Waals surface area (Å²) in [6, 6.07) is 13.2. The summed E-state index contributed by atoms with van der Waals surface area (Å²) < 4.78 is 39.6. The number of nitrogens with zero attached hydrogens (tertiary/aromatic N) is 3. The van der Waals surface area contributed by atoms with E-state index < -0.39 is 15.9 Å². The number of hydrogen-bond acceptors (Lipinski definition) is 6. The number of nitrogens with one attached hydrogen (secondary N) is 1. The summed E-state index contributed by atoms with van der Waals surface area (Å²) >= 11 is 5.94. The molecule has 0 bridgehead atoms. The van der Waals surface area contributed by atoms with Crippen molar-refractivity contribution in [2.45, 2.75) is 11.4 Å². The highest BCUT2D eigenvalue weighted by atomic mass is 35.5. The second-order valence-corrected chi connectivity index (χ2v) is 9.71. The Labute approximate surface area is 196 Å². The van der Waals surface area contributed by atoms with Crippen molar-refractivity contribution in [1.82, 2.24) is 14.1 Å². The molecule has 9 nitrogen and oxygen atoms in total. The number of amides is 1. The summed E-state index contributed by atoms with van der Waals surface area (Å²) in [5.74, 6) is 0.208. The van der Waals surface area contributed by atoms with Gasteiger partial charge in [-0.3, -0.25) is 4.79 Å². The first kappa shape index (κ1) is 23.2. The van der Waals surface area contributed by atoms with E-state index in [0.29, 0.717) is 30.6 Å². The highest BCUT2D eigenvalue weighted by molar-refractivity contribution is 7.89. The number of hydrogen-bond donors (Lipinski definition) is 1. The van der Waals surface area contributed by atoms with Gasteiger partial charge in [0.1, 0.15) is 11.6 Å². The smallest absolute Gasteiger partial charge is 0.260 e. The summed E-state index contributed by atoms with van der Waals surface area (Å²) in [5, 5.41) is 7.69. The molecule has 0 atom stereocenters.